The van der Waals surface area contributed by atoms with E-state index in [0.717, 1.165) is 30.4 Å². The van der Waals surface area contributed by atoms with Crippen LogP contribution < -0.4 is 15.0 Å². The maximum atomic E-state index is 13.1. The van der Waals surface area contributed by atoms with E-state index in [-0.39, 0.29) is 29.8 Å². The first kappa shape index (κ1) is 24.2. The predicted octanol–water partition coefficient (Wildman–Crippen LogP) is 2.86. The zero-order valence-corrected chi connectivity index (χ0v) is 20.3. The summed E-state index contributed by atoms with van der Waals surface area (Å²) < 4.78 is 33.1. The molecular weight excluding hydrogens is 454 g/mol. The Balaban J connectivity index is 1.51. The molecule has 2 aromatic rings. The van der Waals surface area contributed by atoms with Gasteiger partial charge >= 0.3 is 0 Å². The van der Waals surface area contributed by atoms with Crippen LogP contribution in [0.3, 0.4) is 0 Å². The summed E-state index contributed by atoms with van der Waals surface area (Å²) in [6.45, 7) is 1.23. The van der Waals surface area contributed by atoms with Crippen molar-refractivity contribution >= 4 is 27.5 Å². The fourth-order valence-corrected chi connectivity index (χ4v) is 6.12. The van der Waals surface area contributed by atoms with E-state index in [0.29, 0.717) is 43.8 Å². The molecule has 0 aromatic heterocycles. The number of carbonyl (C=O) groups excluding carboxylic acids is 2. The molecule has 0 unspecified atom stereocenters. The summed E-state index contributed by atoms with van der Waals surface area (Å²) in [7, 11) is -1.99. The Labute approximate surface area is 200 Å². The van der Waals surface area contributed by atoms with Gasteiger partial charge in [0.25, 0.3) is 0 Å². The van der Waals surface area contributed by atoms with Gasteiger partial charge in [-0.2, -0.15) is 4.31 Å². The van der Waals surface area contributed by atoms with Crippen molar-refractivity contribution in [3.63, 3.8) is 0 Å². The number of rotatable bonds is 7. The van der Waals surface area contributed by atoms with Gasteiger partial charge in [-0.1, -0.05) is 24.6 Å². The van der Waals surface area contributed by atoms with Gasteiger partial charge in [-0.25, -0.2) is 8.42 Å². The van der Waals surface area contributed by atoms with Crippen LogP contribution in [0.15, 0.2) is 47.4 Å². The Morgan fingerprint density at radius 1 is 1.03 bits per heavy atom. The molecular formula is C25H31N3O5S. The van der Waals surface area contributed by atoms with Crippen LogP contribution in [0, 0.1) is 0 Å². The molecule has 0 bridgehead atoms. The number of para-hydroxylation sites is 1. The number of hydrogen-bond acceptors (Lipinski definition) is 5. The van der Waals surface area contributed by atoms with E-state index in [9.17, 15) is 18.0 Å². The number of anilines is 1. The lowest BCUT2D eigenvalue weighted by Gasteiger charge is -2.27. The summed E-state index contributed by atoms with van der Waals surface area (Å²) in [5.74, 6) is 0.247. The van der Waals surface area contributed by atoms with Crippen molar-refractivity contribution < 1.29 is 22.7 Å². The number of ether oxygens (including phenoxy) is 1. The molecule has 0 aliphatic carbocycles. The molecule has 0 spiro atoms. The molecule has 8 nitrogen and oxygen atoms in total. The highest BCUT2D eigenvalue weighted by Crippen LogP contribution is 2.31. The SMILES string of the molecule is COc1ccccc1CNC(=O)CN1C(=O)CCCc2cc(S(=O)(=O)N3CCCCC3)ccc21. The Morgan fingerprint density at radius 3 is 2.56 bits per heavy atom. The normalized spacial score (nSPS) is 17.1. The van der Waals surface area contributed by atoms with Crippen molar-refractivity contribution in [2.75, 3.05) is 31.6 Å². The molecule has 0 radical (unpaired) electrons. The van der Waals surface area contributed by atoms with Gasteiger partial charge in [0, 0.05) is 37.3 Å². The molecule has 2 aliphatic rings. The van der Waals surface area contributed by atoms with E-state index in [4.69, 9.17) is 4.74 Å². The van der Waals surface area contributed by atoms with Crippen molar-refractivity contribution in [3.8, 4) is 5.75 Å². The van der Waals surface area contributed by atoms with Crippen LogP contribution >= 0.6 is 0 Å². The highest BCUT2D eigenvalue weighted by molar-refractivity contribution is 7.89. The summed E-state index contributed by atoms with van der Waals surface area (Å²) in [6, 6.07) is 12.3. The minimum absolute atomic E-state index is 0.126. The Hall–Kier alpha value is -2.91. The van der Waals surface area contributed by atoms with E-state index in [1.807, 2.05) is 24.3 Å². The maximum Gasteiger partial charge on any atom is 0.243 e. The van der Waals surface area contributed by atoms with Crippen LogP contribution in [0.5, 0.6) is 5.75 Å². The highest BCUT2D eigenvalue weighted by Gasteiger charge is 2.29. The molecule has 2 aromatic carbocycles. The standard InChI is InChI=1S/C25H31N3O5S/c1-33-23-10-4-3-8-20(23)17-26-24(29)18-28-22-13-12-21(16-19(22)9-7-11-25(28)30)34(31,32)27-14-5-2-6-15-27/h3-4,8,10,12-13,16H,2,5-7,9,11,14-15,17-18H2,1H3,(H,26,29). The number of hydrogen-bond donors (Lipinski definition) is 1. The summed E-state index contributed by atoms with van der Waals surface area (Å²) >= 11 is 0. The van der Waals surface area contributed by atoms with Gasteiger partial charge < -0.3 is 15.0 Å². The fourth-order valence-electron chi connectivity index (χ4n) is 4.56. The lowest BCUT2D eigenvalue weighted by molar-refractivity contribution is -0.123. The van der Waals surface area contributed by atoms with Crippen molar-refractivity contribution in [3.05, 3.63) is 53.6 Å². The Bertz CT molecular complexity index is 1160. The number of benzene rings is 2. The first-order valence-electron chi connectivity index (χ1n) is 11.7. The number of nitrogens with zero attached hydrogens (tertiary/aromatic N) is 2. The Kier molecular flexibility index (Phi) is 7.53. The Morgan fingerprint density at radius 2 is 1.79 bits per heavy atom. The molecule has 1 fully saturated rings. The zero-order chi connectivity index (χ0) is 24.1. The van der Waals surface area contributed by atoms with Gasteiger partial charge in [-0.15, -0.1) is 0 Å². The van der Waals surface area contributed by atoms with Crippen molar-refractivity contribution in [1.82, 2.24) is 9.62 Å². The predicted molar refractivity (Wildman–Crippen MR) is 129 cm³/mol. The third kappa shape index (κ3) is 5.26. The second-order valence-corrected chi connectivity index (χ2v) is 10.6. The first-order chi connectivity index (χ1) is 16.4. The molecule has 182 valence electrons. The maximum absolute atomic E-state index is 13.1. The van der Waals surface area contributed by atoms with Crippen molar-refractivity contribution in [1.29, 1.82) is 0 Å². The van der Waals surface area contributed by atoms with Gasteiger partial charge in [0.05, 0.1) is 12.0 Å². The average molecular weight is 486 g/mol. The molecule has 2 heterocycles. The zero-order valence-electron chi connectivity index (χ0n) is 19.5. The van der Waals surface area contributed by atoms with Gasteiger partial charge in [0.15, 0.2) is 0 Å². The number of amides is 2. The van der Waals surface area contributed by atoms with Crippen LogP contribution in [0.25, 0.3) is 0 Å². The summed E-state index contributed by atoms with van der Waals surface area (Å²) in [4.78, 5) is 27.3. The molecule has 1 N–H and O–H groups in total. The van der Waals surface area contributed by atoms with E-state index < -0.39 is 10.0 Å². The molecule has 2 amide bonds. The molecule has 0 saturated carbocycles. The second-order valence-electron chi connectivity index (χ2n) is 8.68. The largest absolute Gasteiger partial charge is 0.496 e. The van der Waals surface area contributed by atoms with Crippen LogP contribution in [-0.2, 0) is 32.6 Å². The monoisotopic (exact) mass is 485 g/mol. The van der Waals surface area contributed by atoms with E-state index >= 15 is 0 Å². The van der Waals surface area contributed by atoms with Crippen LogP contribution in [0.4, 0.5) is 5.69 Å². The summed E-state index contributed by atoms with van der Waals surface area (Å²) in [6.07, 6.45) is 4.30. The van der Waals surface area contributed by atoms with Crippen LogP contribution in [0.2, 0.25) is 0 Å². The van der Waals surface area contributed by atoms with Crippen LogP contribution in [0.1, 0.15) is 43.2 Å². The molecule has 4 rings (SSSR count). The van der Waals surface area contributed by atoms with E-state index in [1.165, 1.54) is 4.90 Å². The number of sulfonamides is 1. The summed E-state index contributed by atoms with van der Waals surface area (Å²) in [5.41, 5.74) is 2.22. The van der Waals surface area contributed by atoms with Crippen LogP contribution in [-0.4, -0.2) is 51.3 Å². The fraction of sp³-hybridized carbons (Fsp3) is 0.440. The first-order valence-corrected chi connectivity index (χ1v) is 13.2. The number of carbonyl (C=O) groups is 2. The molecule has 9 heteroatoms. The smallest absolute Gasteiger partial charge is 0.243 e. The summed E-state index contributed by atoms with van der Waals surface area (Å²) in [5, 5.41) is 2.86. The third-order valence-electron chi connectivity index (χ3n) is 6.40. The van der Waals surface area contributed by atoms with Crippen molar-refractivity contribution in [2.45, 2.75) is 50.0 Å². The van der Waals surface area contributed by atoms with Gasteiger partial charge in [0.1, 0.15) is 12.3 Å². The molecule has 1 saturated heterocycles. The second kappa shape index (κ2) is 10.6. The number of fused-ring (bicyclic) bond motifs is 1. The topological polar surface area (TPSA) is 96.0 Å². The quantitative estimate of drug-likeness (QED) is 0.651. The highest BCUT2D eigenvalue weighted by atomic mass is 32.2. The number of methoxy groups -OCH3 is 1. The van der Waals surface area contributed by atoms with Gasteiger partial charge in [-0.05, 0) is 55.5 Å². The lowest BCUT2D eigenvalue weighted by atomic mass is 10.1. The molecule has 0 atom stereocenters. The van der Waals surface area contributed by atoms with Gasteiger partial charge in [0.2, 0.25) is 21.8 Å². The minimum atomic E-state index is -3.57. The average Bonchev–Trinajstić information content (AvgIpc) is 3.01. The molecule has 34 heavy (non-hydrogen) atoms. The van der Waals surface area contributed by atoms with Gasteiger partial charge in [-0.3, -0.25) is 9.59 Å². The van der Waals surface area contributed by atoms with E-state index in [2.05, 4.69) is 5.32 Å². The number of aryl methyl sites for hydroxylation is 1. The van der Waals surface area contributed by atoms with Crippen molar-refractivity contribution in [2.24, 2.45) is 0 Å². The number of nitrogens with one attached hydrogen (secondary N) is 1. The third-order valence-corrected chi connectivity index (χ3v) is 8.30. The number of piperidine rings is 1. The lowest BCUT2D eigenvalue weighted by Crippen LogP contribution is -2.40. The van der Waals surface area contributed by atoms with E-state index in [1.54, 1.807) is 29.6 Å². The minimum Gasteiger partial charge on any atom is -0.496 e. The molecule has 2 aliphatic heterocycles.